The molecule has 6 heteroatoms. The summed E-state index contributed by atoms with van der Waals surface area (Å²) in [5, 5.41) is 14.8. The van der Waals surface area contributed by atoms with Gasteiger partial charge in [-0.1, -0.05) is 0 Å². The van der Waals surface area contributed by atoms with Crippen molar-refractivity contribution in [3.05, 3.63) is 24.3 Å². The van der Waals surface area contributed by atoms with Crippen LogP contribution < -0.4 is 10.6 Å². The zero-order valence-corrected chi connectivity index (χ0v) is 13.0. The van der Waals surface area contributed by atoms with Gasteiger partial charge in [0.15, 0.2) is 0 Å². The van der Waals surface area contributed by atoms with Gasteiger partial charge in [0.1, 0.15) is 0 Å². The summed E-state index contributed by atoms with van der Waals surface area (Å²) in [5.41, 5.74) is 0.686. The Morgan fingerprint density at radius 3 is 2.38 bits per heavy atom. The lowest BCUT2D eigenvalue weighted by Gasteiger charge is -2.27. The van der Waals surface area contributed by atoms with E-state index < -0.39 is 10.8 Å². The molecule has 0 aromatic heterocycles. The summed E-state index contributed by atoms with van der Waals surface area (Å²) in [7, 11) is -1.01. The molecule has 0 radical (unpaired) electrons. The number of carbonyl (C=O) groups is 1. The fourth-order valence-electron chi connectivity index (χ4n) is 2.57. The Hall–Kier alpha value is -1.40. The van der Waals surface area contributed by atoms with E-state index in [9.17, 15) is 9.00 Å². The quantitative estimate of drug-likeness (QED) is 0.797. The maximum Gasteiger partial charge on any atom is 0.319 e. The predicted octanol–water partition coefficient (Wildman–Crippen LogP) is 2.10. The van der Waals surface area contributed by atoms with Gasteiger partial charge in [0, 0.05) is 40.3 Å². The van der Waals surface area contributed by atoms with Gasteiger partial charge in [-0.25, -0.2) is 4.79 Å². The van der Waals surface area contributed by atoms with Crippen molar-refractivity contribution in [1.82, 2.24) is 5.32 Å². The monoisotopic (exact) mass is 310 g/mol. The number of anilines is 1. The van der Waals surface area contributed by atoms with Gasteiger partial charge < -0.3 is 15.7 Å². The molecule has 3 N–H and O–H groups in total. The molecule has 0 heterocycles. The standard InChI is InChI=1S/C15H22N2O3S/c1-21(20)14-8-6-13(7-9-14)17-15(19)16-12-4-2-11(10-18)3-5-12/h6-9,11-12,18H,2-5,10H2,1H3,(H2,16,17,19). The molecular formula is C15H22N2O3S. The van der Waals surface area contributed by atoms with Crippen LogP contribution in [0.25, 0.3) is 0 Å². The maximum absolute atomic E-state index is 11.9. The number of nitrogens with one attached hydrogen (secondary N) is 2. The first kappa shape index (κ1) is 16.0. The fraction of sp³-hybridized carbons (Fsp3) is 0.533. The van der Waals surface area contributed by atoms with E-state index in [2.05, 4.69) is 10.6 Å². The van der Waals surface area contributed by atoms with Gasteiger partial charge in [0.2, 0.25) is 0 Å². The van der Waals surface area contributed by atoms with Crippen molar-refractivity contribution in [3.63, 3.8) is 0 Å². The lowest BCUT2D eigenvalue weighted by atomic mass is 9.87. The predicted molar refractivity (Wildman–Crippen MR) is 83.8 cm³/mol. The second-order valence-corrected chi connectivity index (χ2v) is 6.86. The maximum atomic E-state index is 11.9. The van der Waals surface area contributed by atoms with Crippen molar-refractivity contribution in [2.75, 3.05) is 18.2 Å². The number of amides is 2. The van der Waals surface area contributed by atoms with Crippen LogP contribution in [0.1, 0.15) is 25.7 Å². The number of carbonyl (C=O) groups excluding carboxylic acids is 1. The number of aliphatic hydroxyl groups excluding tert-OH is 1. The average Bonchev–Trinajstić information content (AvgIpc) is 2.48. The third-order valence-electron chi connectivity index (χ3n) is 3.88. The molecule has 1 unspecified atom stereocenters. The minimum absolute atomic E-state index is 0.176. The van der Waals surface area contributed by atoms with Gasteiger partial charge in [0.25, 0.3) is 0 Å². The number of aliphatic hydroxyl groups is 1. The molecule has 1 aromatic carbocycles. The highest BCUT2D eigenvalue weighted by molar-refractivity contribution is 7.84. The van der Waals surface area contributed by atoms with Crippen LogP contribution in [0.4, 0.5) is 10.5 Å². The first-order chi connectivity index (χ1) is 10.1. The Kier molecular flexibility index (Phi) is 5.76. The molecule has 1 saturated carbocycles. The molecule has 0 bridgehead atoms. The Morgan fingerprint density at radius 1 is 1.24 bits per heavy atom. The molecule has 5 nitrogen and oxygen atoms in total. The van der Waals surface area contributed by atoms with Crippen LogP contribution in [0.3, 0.4) is 0 Å². The van der Waals surface area contributed by atoms with E-state index in [4.69, 9.17) is 5.11 Å². The van der Waals surface area contributed by atoms with Crippen molar-refractivity contribution in [1.29, 1.82) is 0 Å². The third-order valence-corrected chi connectivity index (χ3v) is 4.82. The summed E-state index contributed by atoms with van der Waals surface area (Å²) >= 11 is 0. The highest BCUT2D eigenvalue weighted by atomic mass is 32.2. The average molecular weight is 310 g/mol. The van der Waals surface area contributed by atoms with Gasteiger partial charge >= 0.3 is 6.03 Å². The van der Waals surface area contributed by atoms with Gasteiger partial charge in [-0.2, -0.15) is 0 Å². The van der Waals surface area contributed by atoms with Crippen LogP contribution in [0, 0.1) is 5.92 Å². The molecule has 1 atom stereocenters. The highest BCUT2D eigenvalue weighted by Crippen LogP contribution is 2.23. The van der Waals surface area contributed by atoms with Gasteiger partial charge in [-0.3, -0.25) is 4.21 Å². The number of hydrogen-bond donors (Lipinski definition) is 3. The summed E-state index contributed by atoms with van der Waals surface area (Å²) in [6.07, 6.45) is 5.35. The molecule has 2 amide bonds. The first-order valence-corrected chi connectivity index (χ1v) is 8.76. The number of urea groups is 1. The summed E-state index contributed by atoms with van der Waals surface area (Å²) in [4.78, 5) is 12.7. The van der Waals surface area contributed by atoms with Crippen molar-refractivity contribution in [2.45, 2.75) is 36.6 Å². The Labute approximate surface area is 127 Å². The largest absolute Gasteiger partial charge is 0.396 e. The smallest absolute Gasteiger partial charge is 0.319 e. The van der Waals surface area contributed by atoms with Crippen LogP contribution in [-0.4, -0.2) is 34.3 Å². The second kappa shape index (κ2) is 7.56. The molecule has 0 saturated heterocycles. The van der Waals surface area contributed by atoms with E-state index in [0.29, 0.717) is 11.6 Å². The van der Waals surface area contributed by atoms with Crippen molar-refractivity contribution >= 4 is 22.5 Å². The van der Waals surface area contributed by atoms with E-state index in [-0.39, 0.29) is 18.7 Å². The molecule has 1 aliphatic rings. The van der Waals surface area contributed by atoms with Crippen molar-refractivity contribution < 1.29 is 14.1 Å². The molecule has 21 heavy (non-hydrogen) atoms. The Bertz CT molecular complexity index is 496. The topological polar surface area (TPSA) is 78.4 Å². The fourth-order valence-corrected chi connectivity index (χ4v) is 3.09. The molecule has 1 aliphatic carbocycles. The minimum Gasteiger partial charge on any atom is -0.396 e. The summed E-state index contributed by atoms with van der Waals surface area (Å²) in [6.45, 7) is 0.240. The first-order valence-electron chi connectivity index (χ1n) is 7.20. The van der Waals surface area contributed by atoms with Gasteiger partial charge in [-0.05, 0) is 55.9 Å². The molecule has 0 aliphatic heterocycles. The molecule has 0 spiro atoms. The number of hydrogen-bond acceptors (Lipinski definition) is 3. The minimum atomic E-state index is -1.01. The Balaban J connectivity index is 1.80. The lowest BCUT2D eigenvalue weighted by Crippen LogP contribution is -2.40. The van der Waals surface area contributed by atoms with Crippen molar-refractivity contribution in [2.24, 2.45) is 5.92 Å². The number of rotatable bonds is 4. The highest BCUT2D eigenvalue weighted by Gasteiger charge is 2.21. The van der Waals surface area contributed by atoms with E-state index in [0.717, 1.165) is 30.6 Å². The molecule has 1 fully saturated rings. The Morgan fingerprint density at radius 2 is 1.86 bits per heavy atom. The van der Waals surface area contributed by atoms with Crippen molar-refractivity contribution in [3.8, 4) is 0 Å². The summed E-state index contributed by atoms with van der Waals surface area (Å²) in [6, 6.07) is 6.96. The van der Waals surface area contributed by atoms with E-state index in [1.807, 2.05) is 0 Å². The molecular weight excluding hydrogens is 288 g/mol. The van der Waals surface area contributed by atoms with Gasteiger partial charge in [-0.15, -0.1) is 0 Å². The lowest BCUT2D eigenvalue weighted by molar-refractivity contribution is 0.176. The van der Waals surface area contributed by atoms with E-state index in [1.54, 1.807) is 30.5 Å². The third kappa shape index (κ3) is 4.82. The summed E-state index contributed by atoms with van der Waals surface area (Å²) in [5.74, 6) is 0.383. The second-order valence-electron chi connectivity index (χ2n) is 5.48. The normalized spacial score (nSPS) is 23.3. The summed E-state index contributed by atoms with van der Waals surface area (Å²) < 4.78 is 11.3. The molecule has 1 aromatic rings. The van der Waals surface area contributed by atoms with Crippen LogP contribution in [0.15, 0.2) is 29.2 Å². The SMILES string of the molecule is CS(=O)c1ccc(NC(=O)NC2CCC(CO)CC2)cc1. The molecule has 116 valence electrons. The van der Waals surface area contributed by atoms with Crippen LogP contribution >= 0.6 is 0 Å². The zero-order chi connectivity index (χ0) is 15.2. The van der Waals surface area contributed by atoms with Crippen LogP contribution in [0.2, 0.25) is 0 Å². The van der Waals surface area contributed by atoms with Crippen LogP contribution in [-0.2, 0) is 10.8 Å². The number of benzene rings is 1. The zero-order valence-electron chi connectivity index (χ0n) is 12.2. The van der Waals surface area contributed by atoms with Gasteiger partial charge in [0.05, 0.1) is 0 Å². The van der Waals surface area contributed by atoms with E-state index >= 15 is 0 Å². The van der Waals surface area contributed by atoms with Crippen LogP contribution in [0.5, 0.6) is 0 Å². The van der Waals surface area contributed by atoms with E-state index in [1.165, 1.54) is 0 Å². The molecule has 2 rings (SSSR count).